The predicted octanol–water partition coefficient (Wildman–Crippen LogP) is 3.51. The molecule has 0 aliphatic rings. The van der Waals surface area contributed by atoms with Crippen LogP contribution in [0.1, 0.15) is 5.56 Å². The molecule has 0 aliphatic heterocycles. The van der Waals surface area contributed by atoms with Gasteiger partial charge in [-0.25, -0.2) is 0 Å². The highest BCUT2D eigenvalue weighted by atomic mass is 35.5. The van der Waals surface area contributed by atoms with Gasteiger partial charge in [-0.2, -0.15) is 13.2 Å². The normalized spacial score (nSPS) is 11.8. The van der Waals surface area contributed by atoms with Crippen LogP contribution in [0.25, 0.3) is 0 Å². The maximum absolute atomic E-state index is 12.6. The molecule has 0 aromatic heterocycles. The summed E-state index contributed by atoms with van der Waals surface area (Å²) < 4.78 is 37.7. The van der Waals surface area contributed by atoms with Gasteiger partial charge in [-0.05, 0) is 30.4 Å². The van der Waals surface area contributed by atoms with Crippen LogP contribution in [-0.2, 0) is 6.18 Å². The van der Waals surface area contributed by atoms with Crippen molar-refractivity contribution in [1.82, 2.24) is 0 Å². The zero-order valence-electron chi connectivity index (χ0n) is 9.12. The lowest BCUT2D eigenvalue weighted by Crippen LogP contribution is -2.35. The van der Waals surface area contributed by atoms with E-state index in [9.17, 15) is 13.2 Å². The predicted molar refractivity (Wildman–Crippen MR) is 70.6 cm³/mol. The molecule has 1 aromatic carbocycles. The summed E-state index contributed by atoms with van der Waals surface area (Å²) in [6, 6.07) is 4.77. The van der Waals surface area contributed by atoms with Crippen molar-refractivity contribution in [1.29, 1.82) is 0 Å². The molecule has 7 heteroatoms. The number of benzene rings is 1. The lowest BCUT2D eigenvalue weighted by atomic mass is 10.2. The van der Waals surface area contributed by atoms with Crippen LogP contribution < -0.4 is 10.6 Å². The molecule has 0 saturated heterocycles. The van der Waals surface area contributed by atoms with Crippen LogP contribution in [-0.4, -0.2) is 11.7 Å². The fourth-order valence-corrected chi connectivity index (χ4v) is 1.58. The second-order valence-electron chi connectivity index (χ2n) is 3.36. The second-order valence-corrected chi connectivity index (χ2v) is 4.03. The topological polar surface area (TPSA) is 29.3 Å². The number of hydrogen-bond acceptors (Lipinski definition) is 1. The van der Waals surface area contributed by atoms with Crippen molar-refractivity contribution in [3.05, 3.63) is 41.4 Å². The standard InChI is InChI=1S/C11H10ClF3N2S/c12-5-2-6-17(10(16)18)9-4-1-3-8(7-9)11(13,14)15/h1-5,7H,6H2,(H2,16,18). The first-order chi connectivity index (χ1) is 8.36. The van der Waals surface area contributed by atoms with E-state index in [0.29, 0.717) is 0 Å². The number of thiocarbonyl (C=S) groups is 1. The first kappa shape index (κ1) is 14.8. The Morgan fingerprint density at radius 1 is 1.44 bits per heavy atom. The van der Waals surface area contributed by atoms with Crippen molar-refractivity contribution in [2.24, 2.45) is 5.73 Å². The third-order valence-electron chi connectivity index (χ3n) is 2.13. The van der Waals surface area contributed by atoms with Gasteiger partial charge in [-0.15, -0.1) is 0 Å². The Hall–Kier alpha value is -1.27. The zero-order valence-corrected chi connectivity index (χ0v) is 10.7. The van der Waals surface area contributed by atoms with E-state index in [-0.39, 0.29) is 17.3 Å². The fourth-order valence-electron chi connectivity index (χ4n) is 1.32. The second kappa shape index (κ2) is 6.06. The van der Waals surface area contributed by atoms with Crippen LogP contribution in [0.15, 0.2) is 35.9 Å². The summed E-state index contributed by atoms with van der Waals surface area (Å²) in [5.74, 6) is 0. The number of nitrogens with zero attached hydrogens (tertiary/aromatic N) is 1. The third-order valence-corrected chi connectivity index (χ3v) is 2.53. The molecule has 0 fully saturated rings. The van der Waals surface area contributed by atoms with E-state index in [4.69, 9.17) is 29.6 Å². The van der Waals surface area contributed by atoms with E-state index in [0.717, 1.165) is 12.1 Å². The van der Waals surface area contributed by atoms with E-state index in [1.807, 2.05) is 0 Å². The van der Waals surface area contributed by atoms with Crippen molar-refractivity contribution in [3.8, 4) is 0 Å². The van der Waals surface area contributed by atoms with Gasteiger partial charge in [0, 0.05) is 17.8 Å². The summed E-state index contributed by atoms with van der Waals surface area (Å²) in [4.78, 5) is 1.35. The van der Waals surface area contributed by atoms with Gasteiger partial charge in [0.05, 0.1) is 5.56 Å². The summed E-state index contributed by atoms with van der Waals surface area (Å²) in [5.41, 5.74) is 6.23. The number of rotatable bonds is 3. The van der Waals surface area contributed by atoms with Gasteiger partial charge in [-0.3, -0.25) is 0 Å². The number of nitrogens with two attached hydrogens (primary N) is 1. The summed E-state index contributed by atoms with van der Waals surface area (Å²) in [7, 11) is 0. The smallest absolute Gasteiger partial charge is 0.376 e. The molecule has 0 aliphatic carbocycles. The Morgan fingerprint density at radius 2 is 2.11 bits per heavy atom. The van der Waals surface area contributed by atoms with E-state index in [1.54, 1.807) is 0 Å². The van der Waals surface area contributed by atoms with Gasteiger partial charge in [0.2, 0.25) is 0 Å². The minimum absolute atomic E-state index is 0.0240. The van der Waals surface area contributed by atoms with Crippen molar-refractivity contribution in [2.45, 2.75) is 6.18 Å². The molecule has 98 valence electrons. The zero-order chi connectivity index (χ0) is 13.8. The number of halogens is 4. The molecule has 0 amide bonds. The molecule has 2 nitrogen and oxygen atoms in total. The van der Waals surface area contributed by atoms with Crippen molar-refractivity contribution in [3.63, 3.8) is 0 Å². The average Bonchev–Trinajstić information content (AvgIpc) is 2.28. The molecule has 0 radical (unpaired) electrons. The summed E-state index contributed by atoms with van der Waals surface area (Å²) >= 11 is 10.2. The Balaban J connectivity index is 3.09. The Labute approximate surface area is 113 Å². The average molecular weight is 295 g/mol. The van der Waals surface area contributed by atoms with Crippen LogP contribution in [0.5, 0.6) is 0 Å². The first-order valence-corrected chi connectivity index (χ1v) is 5.70. The number of hydrogen-bond donors (Lipinski definition) is 1. The molecule has 1 rings (SSSR count). The van der Waals surface area contributed by atoms with Crippen molar-refractivity contribution < 1.29 is 13.2 Å². The lowest BCUT2D eigenvalue weighted by molar-refractivity contribution is -0.137. The SMILES string of the molecule is NC(=S)N(CC=CCl)c1cccc(C(F)(F)F)c1. The Bertz CT molecular complexity index is 460. The highest BCUT2D eigenvalue weighted by molar-refractivity contribution is 7.80. The minimum Gasteiger partial charge on any atom is -0.376 e. The van der Waals surface area contributed by atoms with Crippen molar-refractivity contribution >= 4 is 34.6 Å². The quantitative estimate of drug-likeness (QED) is 0.865. The van der Waals surface area contributed by atoms with Gasteiger partial charge in [0.1, 0.15) is 0 Å². The molecular weight excluding hydrogens is 285 g/mol. The van der Waals surface area contributed by atoms with Gasteiger partial charge >= 0.3 is 6.18 Å². The molecule has 0 atom stereocenters. The van der Waals surface area contributed by atoms with Crippen molar-refractivity contribution in [2.75, 3.05) is 11.4 Å². The van der Waals surface area contributed by atoms with Crippen LogP contribution in [0.4, 0.5) is 18.9 Å². The van der Waals surface area contributed by atoms with Crippen LogP contribution in [0.3, 0.4) is 0 Å². The molecule has 0 saturated carbocycles. The fraction of sp³-hybridized carbons (Fsp3) is 0.182. The third kappa shape index (κ3) is 3.89. The highest BCUT2D eigenvalue weighted by Crippen LogP contribution is 2.31. The van der Waals surface area contributed by atoms with E-state index in [1.165, 1.54) is 28.6 Å². The largest absolute Gasteiger partial charge is 0.416 e. The molecule has 0 unspecified atom stereocenters. The Morgan fingerprint density at radius 3 is 2.61 bits per heavy atom. The number of anilines is 1. The number of alkyl halides is 3. The molecule has 0 spiro atoms. The summed E-state index contributed by atoms with van der Waals surface area (Å²) in [5, 5.41) is -0.0240. The van der Waals surface area contributed by atoms with Gasteiger partial charge < -0.3 is 10.6 Å². The van der Waals surface area contributed by atoms with E-state index >= 15 is 0 Å². The Kier molecular flexibility index (Phi) is 4.98. The van der Waals surface area contributed by atoms with Gasteiger partial charge in [0.25, 0.3) is 0 Å². The molecule has 0 heterocycles. The lowest BCUT2D eigenvalue weighted by Gasteiger charge is -2.22. The van der Waals surface area contributed by atoms with Crippen LogP contribution >= 0.6 is 23.8 Å². The molecule has 0 bridgehead atoms. The van der Waals surface area contributed by atoms with Crippen LogP contribution in [0, 0.1) is 0 Å². The molecule has 1 aromatic rings. The summed E-state index contributed by atoms with van der Waals surface area (Å²) in [6.07, 6.45) is -2.87. The summed E-state index contributed by atoms with van der Waals surface area (Å²) in [6.45, 7) is 0.208. The maximum Gasteiger partial charge on any atom is 0.416 e. The maximum atomic E-state index is 12.6. The highest BCUT2D eigenvalue weighted by Gasteiger charge is 2.30. The van der Waals surface area contributed by atoms with E-state index in [2.05, 4.69) is 0 Å². The van der Waals surface area contributed by atoms with E-state index < -0.39 is 11.7 Å². The monoisotopic (exact) mass is 294 g/mol. The van der Waals surface area contributed by atoms with Gasteiger partial charge in [0.15, 0.2) is 5.11 Å². The first-order valence-electron chi connectivity index (χ1n) is 4.85. The molecule has 2 N–H and O–H groups in total. The molecule has 18 heavy (non-hydrogen) atoms. The molecular formula is C11H10ClF3N2S. The van der Waals surface area contributed by atoms with Gasteiger partial charge in [-0.1, -0.05) is 23.7 Å². The minimum atomic E-state index is -4.40. The van der Waals surface area contributed by atoms with Crippen LogP contribution in [0.2, 0.25) is 0 Å².